The van der Waals surface area contributed by atoms with Crippen molar-refractivity contribution in [1.82, 2.24) is 4.90 Å². The quantitative estimate of drug-likeness (QED) is 0.550. The van der Waals surface area contributed by atoms with Crippen molar-refractivity contribution < 1.29 is 28.4 Å². The number of benzene rings is 2. The van der Waals surface area contributed by atoms with Gasteiger partial charge in [-0.3, -0.25) is 14.4 Å². The molecule has 0 spiro atoms. The minimum Gasteiger partial charge on any atom is -0.497 e. The fourth-order valence-corrected chi connectivity index (χ4v) is 2.71. The molecule has 0 fully saturated rings. The van der Waals surface area contributed by atoms with Crippen LogP contribution in [0.25, 0.3) is 0 Å². The molecule has 2 rings (SSSR count). The van der Waals surface area contributed by atoms with Crippen molar-refractivity contribution in [3.63, 3.8) is 0 Å². The molecule has 0 saturated carbocycles. The predicted molar refractivity (Wildman–Crippen MR) is 111 cm³/mol. The molecule has 2 aromatic rings. The maximum atomic E-state index is 13.2. The standard InChI is InChI=1S/C21H25FN4O4/c1-25(12-19(27)23-16-7-4-6-15(22)10-16)14-21(29)26(2)13-20(28)24-17-8-5-9-18(11-17)30-3/h4-11H,12-14H2,1-3H3,(H,23,27)(H,24,28)/p+1. The van der Waals surface area contributed by atoms with Gasteiger partial charge in [-0.15, -0.1) is 0 Å². The highest BCUT2D eigenvalue weighted by Crippen LogP contribution is 2.16. The molecule has 3 N–H and O–H groups in total. The number of carbonyl (C=O) groups is 3. The van der Waals surface area contributed by atoms with Gasteiger partial charge in [0.2, 0.25) is 5.91 Å². The number of methoxy groups -OCH3 is 1. The molecule has 0 saturated heterocycles. The first kappa shape index (κ1) is 22.8. The number of likely N-dealkylation sites (N-methyl/N-ethyl adjacent to an activating group) is 2. The lowest BCUT2D eigenvalue weighted by Crippen LogP contribution is -3.11. The molecule has 0 heterocycles. The van der Waals surface area contributed by atoms with Crippen LogP contribution >= 0.6 is 0 Å². The van der Waals surface area contributed by atoms with E-state index in [1.54, 1.807) is 37.4 Å². The fourth-order valence-electron chi connectivity index (χ4n) is 2.71. The van der Waals surface area contributed by atoms with Crippen molar-refractivity contribution in [1.29, 1.82) is 0 Å². The Morgan fingerprint density at radius 3 is 2.30 bits per heavy atom. The molecule has 0 aliphatic heterocycles. The van der Waals surface area contributed by atoms with Gasteiger partial charge in [0.25, 0.3) is 11.8 Å². The van der Waals surface area contributed by atoms with Gasteiger partial charge in [0.05, 0.1) is 20.7 Å². The molecule has 2 aromatic carbocycles. The third-order valence-electron chi connectivity index (χ3n) is 4.18. The van der Waals surface area contributed by atoms with Crippen molar-refractivity contribution in [2.45, 2.75) is 0 Å². The van der Waals surface area contributed by atoms with E-state index >= 15 is 0 Å². The van der Waals surface area contributed by atoms with Crippen LogP contribution in [0.15, 0.2) is 48.5 Å². The Hall–Kier alpha value is -3.46. The predicted octanol–water partition coefficient (Wildman–Crippen LogP) is 0.385. The molecule has 0 aromatic heterocycles. The minimum atomic E-state index is -0.447. The Balaban J connectivity index is 1.78. The number of carbonyl (C=O) groups excluding carboxylic acids is 3. The SMILES string of the molecule is COc1cccc(NC(=O)CN(C)C(=O)C[NH+](C)CC(=O)Nc2cccc(F)c2)c1. The van der Waals surface area contributed by atoms with Crippen LogP contribution in [0.5, 0.6) is 5.75 Å². The van der Waals surface area contributed by atoms with E-state index in [0.29, 0.717) is 22.0 Å². The summed E-state index contributed by atoms with van der Waals surface area (Å²) in [5.74, 6) is -0.812. The molecule has 8 nitrogen and oxygen atoms in total. The van der Waals surface area contributed by atoms with Crippen molar-refractivity contribution in [3.05, 3.63) is 54.3 Å². The topological polar surface area (TPSA) is 92.2 Å². The molecule has 0 radical (unpaired) electrons. The van der Waals surface area contributed by atoms with Gasteiger partial charge in [-0.05, 0) is 30.3 Å². The van der Waals surface area contributed by atoms with E-state index in [0.717, 1.165) is 0 Å². The Morgan fingerprint density at radius 2 is 1.63 bits per heavy atom. The molecule has 1 unspecified atom stereocenters. The van der Waals surface area contributed by atoms with Crippen LogP contribution in [-0.2, 0) is 14.4 Å². The summed E-state index contributed by atoms with van der Waals surface area (Å²) < 4.78 is 18.3. The third kappa shape index (κ3) is 7.51. The summed E-state index contributed by atoms with van der Waals surface area (Å²) in [6.07, 6.45) is 0. The Morgan fingerprint density at radius 1 is 1.00 bits per heavy atom. The molecule has 0 aliphatic carbocycles. The summed E-state index contributed by atoms with van der Waals surface area (Å²) in [7, 11) is 4.74. The zero-order chi connectivity index (χ0) is 22.1. The second kappa shape index (κ2) is 10.9. The van der Waals surface area contributed by atoms with E-state index in [1.165, 1.54) is 37.3 Å². The highest BCUT2D eigenvalue weighted by molar-refractivity contribution is 5.95. The molecule has 30 heavy (non-hydrogen) atoms. The zero-order valence-electron chi connectivity index (χ0n) is 17.2. The van der Waals surface area contributed by atoms with Crippen LogP contribution in [-0.4, -0.2) is 63.5 Å². The molecule has 0 aliphatic rings. The van der Waals surface area contributed by atoms with Gasteiger partial charge >= 0.3 is 0 Å². The van der Waals surface area contributed by atoms with E-state index in [1.807, 2.05) is 0 Å². The molecular formula is C21H26FN4O4+. The normalized spacial score (nSPS) is 11.3. The zero-order valence-corrected chi connectivity index (χ0v) is 17.2. The van der Waals surface area contributed by atoms with Crippen molar-refractivity contribution >= 4 is 29.1 Å². The van der Waals surface area contributed by atoms with Gasteiger partial charge in [0.1, 0.15) is 11.6 Å². The van der Waals surface area contributed by atoms with Gasteiger partial charge in [-0.1, -0.05) is 12.1 Å². The van der Waals surface area contributed by atoms with Gasteiger partial charge < -0.3 is 25.2 Å². The molecule has 0 bridgehead atoms. The van der Waals surface area contributed by atoms with E-state index in [9.17, 15) is 18.8 Å². The van der Waals surface area contributed by atoms with Gasteiger partial charge in [-0.2, -0.15) is 0 Å². The minimum absolute atomic E-state index is 0.0199. The first-order valence-corrected chi connectivity index (χ1v) is 9.31. The number of quaternary nitrogens is 1. The highest BCUT2D eigenvalue weighted by atomic mass is 19.1. The Bertz CT molecular complexity index is 906. The van der Waals surface area contributed by atoms with Crippen molar-refractivity contribution in [2.24, 2.45) is 0 Å². The smallest absolute Gasteiger partial charge is 0.279 e. The monoisotopic (exact) mass is 417 g/mol. The number of amides is 3. The summed E-state index contributed by atoms with van der Waals surface area (Å²) in [6.45, 7) is -0.0789. The number of anilines is 2. The average Bonchev–Trinajstić information content (AvgIpc) is 2.67. The van der Waals surface area contributed by atoms with E-state index in [-0.39, 0.29) is 37.4 Å². The van der Waals surface area contributed by atoms with Gasteiger partial charge in [0, 0.05) is 24.5 Å². The maximum absolute atomic E-state index is 13.2. The van der Waals surface area contributed by atoms with Crippen molar-refractivity contribution in [3.8, 4) is 5.75 Å². The van der Waals surface area contributed by atoms with Crippen LogP contribution in [0.3, 0.4) is 0 Å². The number of rotatable bonds is 9. The van der Waals surface area contributed by atoms with E-state index in [4.69, 9.17) is 4.74 Å². The van der Waals surface area contributed by atoms with Crippen LogP contribution < -0.4 is 20.3 Å². The lowest BCUT2D eigenvalue weighted by atomic mass is 10.3. The summed E-state index contributed by atoms with van der Waals surface area (Å²) in [4.78, 5) is 38.5. The first-order chi connectivity index (χ1) is 14.3. The molecule has 1 atom stereocenters. The lowest BCUT2D eigenvalue weighted by Gasteiger charge is -2.19. The van der Waals surface area contributed by atoms with Crippen LogP contribution in [0.4, 0.5) is 15.8 Å². The summed E-state index contributed by atoms with van der Waals surface area (Å²) in [6, 6.07) is 12.5. The number of ether oxygens (including phenoxy) is 1. The first-order valence-electron chi connectivity index (χ1n) is 9.31. The van der Waals surface area contributed by atoms with Crippen LogP contribution in [0.1, 0.15) is 0 Å². The maximum Gasteiger partial charge on any atom is 0.279 e. The second-order valence-corrected chi connectivity index (χ2v) is 6.90. The number of nitrogens with one attached hydrogen (secondary N) is 3. The lowest BCUT2D eigenvalue weighted by molar-refractivity contribution is -0.862. The fraction of sp³-hybridized carbons (Fsp3) is 0.286. The molecule has 3 amide bonds. The molecule has 9 heteroatoms. The van der Waals surface area contributed by atoms with Crippen LogP contribution in [0, 0.1) is 5.82 Å². The summed E-state index contributed by atoms with van der Waals surface area (Å²) >= 11 is 0. The largest absolute Gasteiger partial charge is 0.497 e. The van der Waals surface area contributed by atoms with Crippen LogP contribution in [0.2, 0.25) is 0 Å². The third-order valence-corrected chi connectivity index (χ3v) is 4.18. The Kier molecular flexibility index (Phi) is 8.30. The van der Waals surface area contributed by atoms with E-state index < -0.39 is 5.82 Å². The average molecular weight is 417 g/mol. The number of hydrogen-bond donors (Lipinski definition) is 3. The van der Waals surface area contributed by atoms with Gasteiger partial charge in [0.15, 0.2) is 13.1 Å². The van der Waals surface area contributed by atoms with Crippen molar-refractivity contribution in [2.75, 3.05) is 51.5 Å². The highest BCUT2D eigenvalue weighted by Gasteiger charge is 2.19. The van der Waals surface area contributed by atoms with Gasteiger partial charge in [-0.25, -0.2) is 4.39 Å². The number of halogens is 1. The number of hydrogen-bond acceptors (Lipinski definition) is 4. The number of nitrogens with zero attached hydrogens (tertiary/aromatic N) is 1. The Labute approximate surface area is 174 Å². The summed E-state index contributed by atoms with van der Waals surface area (Å²) in [5.41, 5.74) is 0.919. The van der Waals surface area contributed by atoms with E-state index in [2.05, 4.69) is 10.6 Å². The second-order valence-electron chi connectivity index (χ2n) is 6.90. The summed E-state index contributed by atoms with van der Waals surface area (Å²) in [5, 5.41) is 5.29. The molecule has 160 valence electrons. The molecular weight excluding hydrogens is 391 g/mol.